The van der Waals surface area contributed by atoms with Gasteiger partial charge in [0.05, 0.1) is 0 Å². The number of benzene rings is 1. The third-order valence-electron chi connectivity index (χ3n) is 1.90. The molecule has 66 valence electrons. The lowest BCUT2D eigenvalue weighted by atomic mass is 10.0. The van der Waals surface area contributed by atoms with Crippen LogP contribution >= 0.6 is 0 Å². The van der Waals surface area contributed by atoms with E-state index in [-0.39, 0.29) is 11.7 Å². The third-order valence-corrected chi connectivity index (χ3v) is 1.90. The molecule has 0 saturated carbocycles. The average Bonchev–Trinajstić information content (AvgIpc) is 2.08. The van der Waals surface area contributed by atoms with Crippen molar-refractivity contribution in [3.8, 4) is 0 Å². The maximum atomic E-state index is 13.1. The van der Waals surface area contributed by atoms with Crippen LogP contribution in [0.25, 0.3) is 0 Å². The first-order valence-electron chi connectivity index (χ1n) is 3.90. The molecule has 3 heteroatoms. The molecule has 1 aromatic rings. The molecule has 0 spiro atoms. The van der Waals surface area contributed by atoms with Crippen LogP contribution in [0.3, 0.4) is 0 Å². The van der Waals surface area contributed by atoms with Crippen LogP contribution in [-0.4, -0.2) is 6.54 Å². The fourth-order valence-corrected chi connectivity index (χ4v) is 1.07. The SMILES string of the molecule is CC(CN)c1cc(N)ccc1F. The van der Waals surface area contributed by atoms with Gasteiger partial charge in [-0.3, -0.25) is 0 Å². The van der Waals surface area contributed by atoms with Crippen LogP contribution in [0, 0.1) is 5.82 Å². The Bertz CT molecular complexity index is 273. The Kier molecular flexibility index (Phi) is 2.65. The minimum atomic E-state index is -0.234. The van der Waals surface area contributed by atoms with E-state index in [2.05, 4.69) is 0 Å². The number of rotatable bonds is 2. The van der Waals surface area contributed by atoms with Crippen LogP contribution in [-0.2, 0) is 0 Å². The Hall–Kier alpha value is -1.09. The molecule has 0 heterocycles. The topological polar surface area (TPSA) is 52.0 Å². The molecule has 1 unspecified atom stereocenters. The van der Waals surface area contributed by atoms with Crippen molar-refractivity contribution in [3.63, 3.8) is 0 Å². The zero-order valence-electron chi connectivity index (χ0n) is 7.05. The molecule has 0 aliphatic heterocycles. The van der Waals surface area contributed by atoms with E-state index >= 15 is 0 Å². The summed E-state index contributed by atoms with van der Waals surface area (Å²) in [6.45, 7) is 2.30. The highest BCUT2D eigenvalue weighted by Crippen LogP contribution is 2.20. The lowest BCUT2D eigenvalue weighted by Gasteiger charge is -2.10. The second-order valence-electron chi connectivity index (χ2n) is 2.92. The minimum Gasteiger partial charge on any atom is -0.399 e. The van der Waals surface area contributed by atoms with Gasteiger partial charge in [-0.1, -0.05) is 6.92 Å². The Labute approximate surface area is 71.4 Å². The molecule has 4 N–H and O–H groups in total. The van der Waals surface area contributed by atoms with Crippen molar-refractivity contribution in [1.29, 1.82) is 0 Å². The van der Waals surface area contributed by atoms with Gasteiger partial charge in [0.2, 0.25) is 0 Å². The molecule has 0 saturated heterocycles. The van der Waals surface area contributed by atoms with E-state index in [0.717, 1.165) is 0 Å². The van der Waals surface area contributed by atoms with Crippen molar-refractivity contribution in [2.75, 3.05) is 12.3 Å². The minimum absolute atomic E-state index is 0.0218. The van der Waals surface area contributed by atoms with E-state index < -0.39 is 0 Å². The van der Waals surface area contributed by atoms with E-state index in [1.165, 1.54) is 6.07 Å². The van der Waals surface area contributed by atoms with Gasteiger partial charge in [-0.2, -0.15) is 0 Å². The predicted molar refractivity (Wildman–Crippen MR) is 48.3 cm³/mol. The highest BCUT2D eigenvalue weighted by Gasteiger charge is 2.08. The smallest absolute Gasteiger partial charge is 0.126 e. The van der Waals surface area contributed by atoms with Gasteiger partial charge in [0.1, 0.15) is 5.82 Å². The van der Waals surface area contributed by atoms with Gasteiger partial charge in [-0.25, -0.2) is 4.39 Å². The molecular weight excluding hydrogens is 155 g/mol. The van der Waals surface area contributed by atoms with Crippen molar-refractivity contribution in [1.82, 2.24) is 0 Å². The van der Waals surface area contributed by atoms with Gasteiger partial charge in [-0.15, -0.1) is 0 Å². The Morgan fingerprint density at radius 1 is 1.50 bits per heavy atom. The average molecular weight is 168 g/mol. The molecule has 0 aliphatic carbocycles. The van der Waals surface area contributed by atoms with Crippen LogP contribution in [0.5, 0.6) is 0 Å². The molecule has 0 amide bonds. The van der Waals surface area contributed by atoms with E-state index in [4.69, 9.17) is 11.5 Å². The molecular formula is C9H13FN2. The fourth-order valence-electron chi connectivity index (χ4n) is 1.07. The number of nitrogen functional groups attached to an aromatic ring is 1. The highest BCUT2D eigenvalue weighted by atomic mass is 19.1. The zero-order valence-corrected chi connectivity index (χ0v) is 7.05. The highest BCUT2D eigenvalue weighted by molar-refractivity contribution is 5.42. The number of halogens is 1. The number of nitrogens with two attached hydrogens (primary N) is 2. The Morgan fingerprint density at radius 3 is 2.75 bits per heavy atom. The summed E-state index contributed by atoms with van der Waals surface area (Å²) in [5.41, 5.74) is 12.1. The van der Waals surface area contributed by atoms with Crippen LogP contribution < -0.4 is 11.5 Å². The molecule has 1 rings (SSSR count). The Morgan fingerprint density at radius 2 is 2.17 bits per heavy atom. The first-order valence-corrected chi connectivity index (χ1v) is 3.90. The van der Waals surface area contributed by atoms with Gasteiger partial charge in [0.15, 0.2) is 0 Å². The molecule has 0 radical (unpaired) electrons. The summed E-state index contributed by atoms with van der Waals surface area (Å²) in [5, 5.41) is 0. The fraction of sp³-hybridized carbons (Fsp3) is 0.333. The van der Waals surface area contributed by atoms with Gasteiger partial charge in [-0.05, 0) is 36.2 Å². The van der Waals surface area contributed by atoms with E-state index in [0.29, 0.717) is 17.8 Å². The van der Waals surface area contributed by atoms with Gasteiger partial charge < -0.3 is 11.5 Å². The Balaban J connectivity index is 3.04. The third kappa shape index (κ3) is 1.74. The first kappa shape index (κ1) is 9.00. The molecule has 1 aromatic carbocycles. The van der Waals surface area contributed by atoms with Crippen LogP contribution in [0.4, 0.5) is 10.1 Å². The molecule has 0 fully saturated rings. The first-order chi connectivity index (χ1) is 5.65. The van der Waals surface area contributed by atoms with Gasteiger partial charge >= 0.3 is 0 Å². The van der Waals surface area contributed by atoms with Crippen LogP contribution in [0.1, 0.15) is 18.4 Å². The largest absolute Gasteiger partial charge is 0.399 e. The monoisotopic (exact) mass is 168 g/mol. The van der Waals surface area contributed by atoms with E-state index in [9.17, 15) is 4.39 Å². The van der Waals surface area contributed by atoms with E-state index in [1.54, 1.807) is 12.1 Å². The molecule has 12 heavy (non-hydrogen) atoms. The van der Waals surface area contributed by atoms with E-state index in [1.807, 2.05) is 6.92 Å². The van der Waals surface area contributed by atoms with Gasteiger partial charge in [0.25, 0.3) is 0 Å². The standard InChI is InChI=1S/C9H13FN2/c1-6(5-11)8-4-7(12)2-3-9(8)10/h2-4,6H,5,11-12H2,1H3. The van der Waals surface area contributed by atoms with Crippen LogP contribution in [0.2, 0.25) is 0 Å². The molecule has 0 bridgehead atoms. The molecule has 0 aliphatic rings. The quantitative estimate of drug-likeness (QED) is 0.657. The molecule has 1 atom stereocenters. The van der Waals surface area contributed by atoms with Crippen molar-refractivity contribution in [2.45, 2.75) is 12.8 Å². The van der Waals surface area contributed by atoms with Crippen molar-refractivity contribution in [3.05, 3.63) is 29.6 Å². The normalized spacial score (nSPS) is 12.9. The lowest BCUT2D eigenvalue weighted by molar-refractivity contribution is 0.591. The van der Waals surface area contributed by atoms with Crippen molar-refractivity contribution in [2.24, 2.45) is 5.73 Å². The zero-order chi connectivity index (χ0) is 9.14. The molecule has 2 nitrogen and oxygen atoms in total. The summed E-state index contributed by atoms with van der Waals surface area (Å²) in [7, 11) is 0. The van der Waals surface area contributed by atoms with Crippen LogP contribution in [0.15, 0.2) is 18.2 Å². The summed E-state index contributed by atoms with van der Waals surface area (Å²) in [6.07, 6.45) is 0. The van der Waals surface area contributed by atoms with Crippen molar-refractivity contribution >= 4 is 5.69 Å². The summed E-state index contributed by atoms with van der Waals surface area (Å²) in [5.74, 6) is -0.212. The maximum Gasteiger partial charge on any atom is 0.126 e. The lowest BCUT2D eigenvalue weighted by Crippen LogP contribution is -2.10. The summed E-state index contributed by atoms with van der Waals surface area (Å²) in [4.78, 5) is 0. The maximum absolute atomic E-state index is 13.1. The number of hydrogen-bond donors (Lipinski definition) is 2. The predicted octanol–water partition coefficient (Wildman–Crippen LogP) is 1.47. The second-order valence-corrected chi connectivity index (χ2v) is 2.92. The number of anilines is 1. The van der Waals surface area contributed by atoms with Crippen molar-refractivity contribution < 1.29 is 4.39 Å². The van der Waals surface area contributed by atoms with Gasteiger partial charge in [0, 0.05) is 5.69 Å². The summed E-state index contributed by atoms with van der Waals surface area (Å²) >= 11 is 0. The summed E-state index contributed by atoms with van der Waals surface area (Å²) < 4.78 is 13.1. The number of hydrogen-bond acceptors (Lipinski definition) is 2. The summed E-state index contributed by atoms with van der Waals surface area (Å²) in [6, 6.07) is 4.55. The second kappa shape index (κ2) is 3.54. The molecule has 0 aromatic heterocycles.